The molecular weight excluding hydrogens is 380 g/mol. The van der Waals surface area contributed by atoms with Crippen LogP contribution < -0.4 is 16.0 Å². The fraction of sp³-hybridized carbons (Fsp3) is 0.522. The zero-order chi connectivity index (χ0) is 22.9. The molecule has 0 radical (unpaired) electrons. The highest BCUT2D eigenvalue weighted by atomic mass is 16.1. The van der Waals surface area contributed by atoms with E-state index in [1.807, 2.05) is 34.0 Å². The van der Waals surface area contributed by atoms with E-state index in [0.717, 1.165) is 32.2 Å². The number of aldehydes is 1. The van der Waals surface area contributed by atoms with Crippen molar-refractivity contribution in [2.24, 2.45) is 5.92 Å². The van der Waals surface area contributed by atoms with Crippen molar-refractivity contribution in [2.75, 3.05) is 33.7 Å². The van der Waals surface area contributed by atoms with Crippen LogP contribution in [0.4, 0.5) is 0 Å². The Morgan fingerprint density at radius 2 is 1.90 bits per heavy atom. The van der Waals surface area contributed by atoms with Gasteiger partial charge in [0.2, 0.25) is 6.41 Å². The summed E-state index contributed by atoms with van der Waals surface area (Å²) in [4.78, 5) is 34.8. The lowest BCUT2D eigenvalue weighted by Gasteiger charge is -2.20. The molecular formula is C23H38N4O3. The second-order valence-corrected chi connectivity index (χ2v) is 7.42. The third-order valence-electron chi connectivity index (χ3n) is 4.71. The lowest BCUT2D eigenvalue weighted by molar-refractivity contribution is -0.119. The first-order valence-corrected chi connectivity index (χ1v) is 10.3. The molecule has 0 heterocycles. The maximum atomic E-state index is 12.0. The number of rotatable bonds is 13. The number of hydrogen-bond acceptors (Lipinski definition) is 5. The van der Waals surface area contributed by atoms with Crippen LogP contribution in [0.1, 0.15) is 47.9 Å². The average Bonchev–Trinajstić information content (AvgIpc) is 2.76. The quantitative estimate of drug-likeness (QED) is 0.337. The molecule has 3 N–H and O–H groups in total. The average molecular weight is 419 g/mol. The number of nitrogens with zero attached hydrogens (tertiary/aromatic N) is 1. The van der Waals surface area contributed by atoms with E-state index in [9.17, 15) is 14.4 Å². The predicted octanol–water partition coefficient (Wildman–Crippen LogP) is 2.10. The fourth-order valence-electron chi connectivity index (χ4n) is 2.59. The molecule has 0 aromatic heterocycles. The third-order valence-corrected chi connectivity index (χ3v) is 4.71. The Morgan fingerprint density at radius 3 is 2.40 bits per heavy atom. The summed E-state index contributed by atoms with van der Waals surface area (Å²) < 4.78 is 0. The summed E-state index contributed by atoms with van der Waals surface area (Å²) in [5.74, 6) is 0.0494. The Hall–Kier alpha value is -2.51. The first-order valence-electron chi connectivity index (χ1n) is 10.3. The van der Waals surface area contributed by atoms with Crippen molar-refractivity contribution in [2.45, 2.75) is 39.3 Å². The molecule has 1 aromatic rings. The maximum Gasteiger partial charge on any atom is 0.251 e. The minimum Gasteiger partial charge on any atom is -0.351 e. The van der Waals surface area contributed by atoms with Crippen LogP contribution >= 0.6 is 0 Å². The zero-order valence-corrected chi connectivity index (χ0v) is 19.0. The Labute approximate surface area is 181 Å². The van der Waals surface area contributed by atoms with E-state index in [-0.39, 0.29) is 11.8 Å². The van der Waals surface area contributed by atoms with Gasteiger partial charge >= 0.3 is 0 Å². The van der Waals surface area contributed by atoms with Gasteiger partial charge in [-0.15, -0.1) is 6.58 Å². The van der Waals surface area contributed by atoms with Crippen molar-refractivity contribution in [3.8, 4) is 0 Å². The Bertz CT molecular complexity index is 649. The number of carbonyl (C=O) groups excluding carboxylic acids is 3. The second kappa shape index (κ2) is 16.3. The Kier molecular flexibility index (Phi) is 14.9. The van der Waals surface area contributed by atoms with Crippen molar-refractivity contribution < 1.29 is 14.4 Å². The molecule has 0 spiro atoms. The molecule has 2 unspecified atom stereocenters. The lowest BCUT2D eigenvalue weighted by Crippen LogP contribution is -2.34. The van der Waals surface area contributed by atoms with Gasteiger partial charge < -0.3 is 20.9 Å². The number of benzene rings is 1. The SMILES string of the molecule is C=CC(CNC(=O)c1cccc(C=O)c1)CC(C)NC.CNCCN(C=O)C(C)C. The standard InChI is InChI=1S/C16H22N2O2.C7H16N2O/c1-4-13(8-12(2)17-3)10-18-16(20)15-7-5-6-14(9-15)11-19;1-7(2)9(6-10)5-4-8-3/h4-7,9,11-13,17H,1,8,10H2,2-3H3,(H,18,20);6-8H,4-5H2,1-3H3. The topological polar surface area (TPSA) is 90.5 Å². The van der Waals surface area contributed by atoms with Crippen molar-refractivity contribution in [3.05, 3.63) is 48.0 Å². The first-order chi connectivity index (χ1) is 14.3. The van der Waals surface area contributed by atoms with Gasteiger partial charge in [0.15, 0.2) is 0 Å². The molecule has 2 amide bonds. The summed E-state index contributed by atoms with van der Waals surface area (Å²) in [7, 11) is 3.79. The molecule has 1 aromatic carbocycles. The number of nitrogens with one attached hydrogen (secondary N) is 3. The summed E-state index contributed by atoms with van der Waals surface area (Å²) in [6.45, 7) is 12.1. The molecule has 30 heavy (non-hydrogen) atoms. The summed E-state index contributed by atoms with van der Waals surface area (Å²) in [6.07, 6.45) is 4.39. The van der Waals surface area contributed by atoms with Gasteiger partial charge in [-0.2, -0.15) is 0 Å². The molecule has 0 saturated carbocycles. The van der Waals surface area contributed by atoms with E-state index in [0.29, 0.717) is 29.8 Å². The molecule has 0 bridgehead atoms. The van der Waals surface area contributed by atoms with E-state index >= 15 is 0 Å². The lowest BCUT2D eigenvalue weighted by atomic mass is 10.0. The minimum atomic E-state index is -0.169. The van der Waals surface area contributed by atoms with Crippen molar-refractivity contribution in [3.63, 3.8) is 0 Å². The Balaban J connectivity index is 0.000000710. The van der Waals surface area contributed by atoms with Crippen molar-refractivity contribution in [1.82, 2.24) is 20.9 Å². The van der Waals surface area contributed by atoms with Gasteiger partial charge in [-0.05, 0) is 59.3 Å². The minimum absolute atomic E-state index is 0.169. The normalized spacial score (nSPS) is 12.2. The smallest absolute Gasteiger partial charge is 0.251 e. The number of likely N-dealkylation sites (N-methyl/N-ethyl adjacent to an activating group) is 1. The molecule has 0 aliphatic heterocycles. The van der Waals surface area contributed by atoms with Crippen LogP contribution in [0.25, 0.3) is 0 Å². The van der Waals surface area contributed by atoms with Crippen LogP contribution in [0.3, 0.4) is 0 Å². The van der Waals surface area contributed by atoms with E-state index in [4.69, 9.17) is 0 Å². The van der Waals surface area contributed by atoms with E-state index in [1.54, 1.807) is 29.2 Å². The summed E-state index contributed by atoms with van der Waals surface area (Å²) in [5.41, 5.74) is 1.00. The van der Waals surface area contributed by atoms with Gasteiger partial charge in [-0.25, -0.2) is 0 Å². The first kappa shape index (κ1) is 27.5. The van der Waals surface area contributed by atoms with Crippen molar-refractivity contribution in [1.29, 1.82) is 0 Å². The van der Waals surface area contributed by atoms with Crippen LogP contribution in [0.2, 0.25) is 0 Å². The van der Waals surface area contributed by atoms with Gasteiger partial charge in [0.25, 0.3) is 5.91 Å². The molecule has 0 fully saturated rings. The highest BCUT2D eigenvalue weighted by Gasteiger charge is 2.12. The van der Waals surface area contributed by atoms with Gasteiger partial charge in [-0.3, -0.25) is 14.4 Å². The highest BCUT2D eigenvalue weighted by molar-refractivity contribution is 5.95. The molecule has 0 aliphatic carbocycles. The highest BCUT2D eigenvalue weighted by Crippen LogP contribution is 2.08. The molecule has 2 atom stereocenters. The number of amides is 2. The van der Waals surface area contributed by atoms with Crippen LogP contribution in [0.5, 0.6) is 0 Å². The second-order valence-electron chi connectivity index (χ2n) is 7.42. The van der Waals surface area contributed by atoms with Gasteiger partial charge in [0, 0.05) is 42.8 Å². The summed E-state index contributed by atoms with van der Waals surface area (Å²) in [5, 5.41) is 9.03. The summed E-state index contributed by atoms with van der Waals surface area (Å²) >= 11 is 0. The molecule has 7 heteroatoms. The number of hydrogen-bond donors (Lipinski definition) is 3. The molecule has 0 saturated heterocycles. The van der Waals surface area contributed by atoms with Crippen molar-refractivity contribution >= 4 is 18.6 Å². The van der Waals surface area contributed by atoms with E-state index in [1.165, 1.54) is 0 Å². The fourth-order valence-corrected chi connectivity index (χ4v) is 2.59. The number of carbonyl (C=O) groups is 3. The zero-order valence-electron chi connectivity index (χ0n) is 19.0. The van der Waals surface area contributed by atoms with Gasteiger partial charge in [0.05, 0.1) is 0 Å². The van der Waals surface area contributed by atoms with E-state index in [2.05, 4.69) is 29.5 Å². The van der Waals surface area contributed by atoms with Crippen LogP contribution in [-0.4, -0.2) is 69.3 Å². The maximum absolute atomic E-state index is 12.0. The molecule has 7 nitrogen and oxygen atoms in total. The molecule has 168 valence electrons. The predicted molar refractivity (Wildman–Crippen MR) is 123 cm³/mol. The van der Waals surface area contributed by atoms with Crippen LogP contribution in [0.15, 0.2) is 36.9 Å². The summed E-state index contributed by atoms with van der Waals surface area (Å²) in [6, 6.07) is 7.33. The Morgan fingerprint density at radius 1 is 1.20 bits per heavy atom. The van der Waals surface area contributed by atoms with Crippen LogP contribution in [-0.2, 0) is 4.79 Å². The molecule has 1 rings (SSSR count). The van der Waals surface area contributed by atoms with Crippen LogP contribution in [0, 0.1) is 5.92 Å². The largest absolute Gasteiger partial charge is 0.351 e. The van der Waals surface area contributed by atoms with Gasteiger partial charge in [-0.1, -0.05) is 18.2 Å². The molecule has 0 aliphatic rings. The monoisotopic (exact) mass is 418 g/mol. The van der Waals surface area contributed by atoms with E-state index < -0.39 is 0 Å². The van der Waals surface area contributed by atoms with Gasteiger partial charge in [0.1, 0.15) is 6.29 Å². The third kappa shape index (κ3) is 11.5.